The number of thioether (sulfide) groups is 1. The van der Waals surface area contributed by atoms with E-state index in [1.54, 1.807) is 0 Å². The topological polar surface area (TPSA) is 70.7 Å². The molecule has 0 unspecified atom stereocenters. The molecule has 1 heterocycles. The molecule has 0 radical (unpaired) electrons. The fourth-order valence-corrected chi connectivity index (χ4v) is 3.00. The van der Waals surface area contributed by atoms with Crippen LogP contribution in [-0.4, -0.2) is 26.3 Å². The Balaban J connectivity index is 1.62. The highest BCUT2D eigenvalue weighted by Gasteiger charge is 2.17. The third-order valence-electron chi connectivity index (χ3n) is 3.28. The molecular weight excluding hydrogens is 388 g/mol. The first-order chi connectivity index (χ1) is 11.6. The molecule has 3 aromatic rings. The zero-order chi connectivity index (χ0) is 16.9. The van der Waals surface area contributed by atoms with Gasteiger partial charge in [0, 0.05) is 15.7 Å². The lowest BCUT2D eigenvalue weighted by Crippen LogP contribution is -2.22. The lowest BCUT2D eigenvalue weighted by molar-refractivity contribution is -0.115. The Hall–Kier alpha value is -2.12. The van der Waals surface area contributed by atoms with Crippen LogP contribution in [0.3, 0.4) is 0 Å². The van der Waals surface area contributed by atoms with Crippen molar-refractivity contribution in [2.75, 3.05) is 5.32 Å². The second kappa shape index (κ2) is 7.63. The Bertz CT molecular complexity index is 820. The van der Waals surface area contributed by atoms with Crippen molar-refractivity contribution in [2.45, 2.75) is 17.3 Å². The van der Waals surface area contributed by atoms with Gasteiger partial charge in [0.1, 0.15) is 0 Å². The molecule has 3 rings (SSSR count). The van der Waals surface area contributed by atoms with E-state index in [1.807, 2.05) is 61.5 Å². The quantitative estimate of drug-likeness (QED) is 0.622. The number of H-pyrrole nitrogens is 1. The largest absolute Gasteiger partial charge is 0.325 e. The lowest BCUT2D eigenvalue weighted by Gasteiger charge is -2.10. The van der Waals surface area contributed by atoms with E-state index in [0.29, 0.717) is 11.0 Å². The van der Waals surface area contributed by atoms with E-state index in [0.717, 1.165) is 15.7 Å². The van der Waals surface area contributed by atoms with Crippen LogP contribution in [0.5, 0.6) is 0 Å². The van der Waals surface area contributed by atoms with Crippen molar-refractivity contribution in [1.29, 1.82) is 0 Å². The number of carbonyl (C=O) groups excluding carboxylic acids is 1. The minimum Gasteiger partial charge on any atom is -0.325 e. The molecule has 0 fully saturated rings. The number of benzene rings is 2. The molecule has 7 heteroatoms. The Morgan fingerprint density at radius 3 is 2.58 bits per heavy atom. The summed E-state index contributed by atoms with van der Waals surface area (Å²) in [6.07, 6.45) is 0. The number of amides is 1. The number of aromatic nitrogens is 3. The number of nitrogens with zero attached hydrogens (tertiary/aromatic N) is 2. The van der Waals surface area contributed by atoms with Crippen molar-refractivity contribution in [3.05, 3.63) is 59.1 Å². The molecule has 0 aliphatic rings. The lowest BCUT2D eigenvalue weighted by atomic mass is 10.2. The van der Waals surface area contributed by atoms with Gasteiger partial charge in [0.2, 0.25) is 11.1 Å². The Kier molecular flexibility index (Phi) is 5.32. The number of aromatic amines is 1. The molecule has 1 atom stereocenters. The molecule has 0 saturated carbocycles. The van der Waals surface area contributed by atoms with Crippen LogP contribution in [0.1, 0.15) is 6.92 Å². The maximum absolute atomic E-state index is 12.3. The maximum Gasteiger partial charge on any atom is 0.237 e. The maximum atomic E-state index is 12.3. The van der Waals surface area contributed by atoms with Crippen molar-refractivity contribution in [1.82, 2.24) is 15.2 Å². The average molecular weight is 403 g/mol. The van der Waals surface area contributed by atoms with Crippen LogP contribution in [0.2, 0.25) is 0 Å². The van der Waals surface area contributed by atoms with Crippen LogP contribution >= 0.6 is 27.7 Å². The van der Waals surface area contributed by atoms with Crippen LogP contribution in [0.25, 0.3) is 11.4 Å². The van der Waals surface area contributed by atoms with E-state index in [9.17, 15) is 4.79 Å². The van der Waals surface area contributed by atoms with Crippen molar-refractivity contribution in [2.24, 2.45) is 0 Å². The van der Waals surface area contributed by atoms with Crippen LogP contribution < -0.4 is 5.32 Å². The first-order valence-corrected chi connectivity index (χ1v) is 9.00. The van der Waals surface area contributed by atoms with Gasteiger partial charge in [-0.2, -0.15) is 0 Å². The first kappa shape index (κ1) is 16.7. The zero-order valence-electron chi connectivity index (χ0n) is 12.9. The van der Waals surface area contributed by atoms with Gasteiger partial charge < -0.3 is 5.32 Å². The second-order valence-corrected chi connectivity index (χ2v) is 7.31. The number of hydrogen-bond donors (Lipinski definition) is 2. The number of hydrogen-bond acceptors (Lipinski definition) is 4. The molecule has 5 nitrogen and oxygen atoms in total. The number of anilines is 1. The van der Waals surface area contributed by atoms with Gasteiger partial charge in [-0.15, -0.1) is 5.10 Å². The minimum absolute atomic E-state index is 0.0895. The molecular formula is C17H15BrN4OS. The Morgan fingerprint density at radius 2 is 1.88 bits per heavy atom. The summed E-state index contributed by atoms with van der Waals surface area (Å²) in [6, 6.07) is 17.2. The standard InChI is InChI=1S/C17H15BrN4OS/c1-11(16(23)19-14-9-7-13(18)8-10-14)24-17-20-15(21-22-17)12-5-3-2-4-6-12/h2-11H,1H3,(H,19,23)(H,20,21,22)/t11-/m1/s1. The zero-order valence-corrected chi connectivity index (χ0v) is 15.3. The van der Waals surface area contributed by atoms with Crippen molar-refractivity contribution in [3.8, 4) is 11.4 Å². The average Bonchev–Trinajstić information content (AvgIpc) is 3.06. The number of halogens is 1. The van der Waals surface area contributed by atoms with Crippen LogP contribution in [0, 0.1) is 0 Å². The highest BCUT2D eigenvalue weighted by Crippen LogP contribution is 2.23. The number of carbonyl (C=O) groups is 1. The summed E-state index contributed by atoms with van der Waals surface area (Å²) in [5, 5.41) is 10.2. The number of rotatable bonds is 5. The van der Waals surface area contributed by atoms with Gasteiger partial charge in [0.25, 0.3) is 0 Å². The summed E-state index contributed by atoms with van der Waals surface area (Å²) in [4.78, 5) is 16.7. The molecule has 0 saturated heterocycles. The molecule has 2 N–H and O–H groups in total. The summed E-state index contributed by atoms with van der Waals surface area (Å²) in [5.41, 5.74) is 1.72. The van der Waals surface area contributed by atoms with E-state index >= 15 is 0 Å². The van der Waals surface area contributed by atoms with E-state index in [4.69, 9.17) is 0 Å². The summed E-state index contributed by atoms with van der Waals surface area (Å²) in [7, 11) is 0. The predicted octanol–water partition coefficient (Wildman–Crippen LogP) is 4.35. The van der Waals surface area contributed by atoms with Crippen LogP contribution in [0.15, 0.2) is 64.2 Å². The normalized spacial score (nSPS) is 11.9. The highest BCUT2D eigenvalue weighted by atomic mass is 79.9. The fraction of sp³-hybridized carbons (Fsp3) is 0.118. The van der Waals surface area contributed by atoms with Crippen molar-refractivity contribution >= 4 is 39.3 Å². The fourth-order valence-electron chi connectivity index (χ4n) is 2.01. The van der Waals surface area contributed by atoms with E-state index in [-0.39, 0.29) is 11.2 Å². The van der Waals surface area contributed by atoms with Gasteiger partial charge in [0.15, 0.2) is 5.82 Å². The minimum atomic E-state index is -0.312. The summed E-state index contributed by atoms with van der Waals surface area (Å²) < 4.78 is 0.970. The third kappa shape index (κ3) is 4.24. The van der Waals surface area contributed by atoms with Gasteiger partial charge in [-0.25, -0.2) is 4.98 Å². The molecule has 1 amide bonds. The van der Waals surface area contributed by atoms with Gasteiger partial charge in [-0.1, -0.05) is 58.0 Å². The van der Waals surface area contributed by atoms with E-state index in [2.05, 4.69) is 36.4 Å². The van der Waals surface area contributed by atoms with Crippen molar-refractivity contribution in [3.63, 3.8) is 0 Å². The molecule has 0 bridgehead atoms. The molecule has 1 aromatic heterocycles. The second-order valence-electron chi connectivity index (χ2n) is 5.09. The summed E-state index contributed by atoms with van der Waals surface area (Å²) in [5.74, 6) is 0.604. The van der Waals surface area contributed by atoms with E-state index in [1.165, 1.54) is 11.8 Å². The van der Waals surface area contributed by atoms with Gasteiger partial charge in [-0.3, -0.25) is 9.89 Å². The third-order valence-corrected chi connectivity index (χ3v) is 4.76. The molecule has 2 aromatic carbocycles. The predicted molar refractivity (Wildman–Crippen MR) is 99.9 cm³/mol. The first-order valence-electron chi connectivity index (χ1n) is 7.33. The Morgan fingerprint density at radius 1 is 1.17 bits per heavy atom. The van der Waals surface area contributed by atoms with Crippen LogP contribution in [0.4, 0.5) is 5.69 Å². The summed E-state index contributed by atoms with van der Waals surface area (Å²) >= 11 is 4.68. The number of nitrogens with one attached hydrogen (secondary N) is 2. The van der Waals surface area contributed by atoms with E-state index < -0.39 is 0 Å². The monoisotopic (exact) mass is 402 g/mol. The van der Waals surface area contributed by atoms with Gasteiger partial charge in [0.05, 0.1) is 5.25 Å². The van der Waals surface area contributed by atoms with Crippen LogP contribution in [-0.2, 0) is 4.79 Å². The molecule has 0 aliphatic heterocycles. The molecule has 122 valence electrons. The summed E-state index contributed by atoms with van der Waals surface area (Å²) in [6.45, 7) is 1.83. The SMILES string of the molecule is C[C@@H](Sc1n[nH]c(-c2ccccc2)n1)C(=O)Nc1ccc(Br)cc1. The van der Waals surface area contributed by atoms with Crippen molar-refractivity contribution < 1.29 is 4.79 Å². The molecule has 24 heavy (non-hydrogen) atoms. The smallest absolute Gasteiger partial charge is 0.237 e. The van der Waals surface area contributed by atoms with Gasteiger partial charge >= 0.3 is 0 Å². The molecule has 0 spiro atoms. The Labute approximate surface area is 152 Å². The van der Waals surface area contributed by atoms with Gasteiger partial charge in [-0.05, 0) is 31.2 Å². The highest BCUT2D eigenvalue weighted by molar-refractivity contribution is 9.10. The molecule has 0 aliphatic carbocycles.